The Morgan fingerprint density at radius 1 is 1.35 bits per heavy atom. The van der Waals surface area contributed by atoms with Crippen LogP contribution in [0.5, 0.6) is 0 Å². The fourth-order valence-corrected chi connectivity index (χ4v) is 2.81. The minimum absolute atomic E-state index is 0. The molecule has 1 aromatic rings. The number of aromatic nitrogens is 1. The van der Waals surface area contributed by atoms with Crippen LogP contribution in [0.3, 0.4) is 0 Å². The van der Waals surface area contributed by atoms with Gasteiger partial charge in [0.15, 0.2) is 0 Å². The molecule has 0 fully saturated rings. The molecule has 0 unspecified atom stereocenters. The molecule has 0 saturated carbocycles. The number of hydrogen-bond acceptors (Lipinski definition) is 4. The second-order valence-corrected chi connectivity index (χ2v) is 5.52. The van der Waals surface area contributed by atoms with E-state index in [1.807, 2.05) is 6.92 Å². The highest BCUT2D eigenvalue weighted by molar-refractivity contribution is 7.13. The maximum atomic E-state index is 12.0. The highest BCUT2D eigenvalue weighted by Crippen LogP contribution is 2.19. The Morgan fingerprint density at radius 2 is 2.00 bits per heavy atom. The van der Waals surface area contributed by atoms with Crippen LogP contribution >= 0.6 is 36.2 Å². The number of hydrogen-bond donors (Lipinski definition) is 2. The Kier molecular flexibility index (Phi) is 12.4. The predicted octanol–water partition coefficient (Wildman–Crippen LogP) is 2.98. The predicted molar refractivity (Wildman–Crippen MR) is 90.8 cm³/mol. The summed E-state index contributed by atoms with van der Waals surface area (Å²) in [6.45, 7) is 9.70. The first-order valence-corrected chi connectivity index (χ1v) is 7.38. The first-order valence-electron chi connectivity index (χ1n) is 6.56. The Labute approximate surface area is 138 Å². The number of rotatable bonds is 7. The average Bonchev–Trinajstić information content (AvgIpc) is 2.68. The van der Waals surface area contributed by atoms with Crippen LogP contribution in [0.15, 0.2) is 0 Å². The van der Waals surface area contributed by atoms with Gasteiger partial charge in [0.05, 0.1) is 10.7 Å². The third-order valence-corrected chi connectivity index (χ3v) is 3.85. The fourth-order valence-electron chi connectivity index (χ4n) is 1.73. The summed E-state index contributed by atoms with van der Waals surface area (Å²) in [5.41, 5.74) is 0.844. The second kappa shape index (κ2) is 11.3. The van der Waals surface area contributed by atoms with E-state index in [0.717, 1.165) is 35.0 Å². The van der Waals surface area contributed by atoms with E-state index in [4.69, 9.17) is 0 Å². The second-order valence-electron chi connectivity index (χ2n) is 4.44. The van der Waals surface area contributed by atoms with Crippen molar-refractivity contribution in [1.29, 1.82) is 0 Å². The summed E-state index contributed by atoms with van der Waals surface area (Å²) in [4.78, 5) is 17.2. The summed E-state index contributed by atoms with van der Waals surface area (Å²) in [6.07, 6.45) is 2.01. The van der Waals surface area contributed by atoms with Crippen LogP contribution in [-0.2, 0) is 6.42 Å². The molecule has 1 heterocycles. The SMILES string of the molecule is CCCc1nc(C)c(C(=O)NC[C@@H](C)NCC)s1.Cl.Cl. The third-order valence-electron chi connectivity index (χ3n) is 2.63. The lowest BCUT2D eigenvalue weighted by Gasteiger charge is -2.12. The number of aryl methyl sites for hydroxylation is 2. The molecule has 7 heteroatoms. The standard InChI is InChI=1S/C13H23N3OS.2ClH/c1-5-7-11-16-10(4)12(18-11)13(17)15-8-9(3)14-6-2;;/h9,14H,5-8H2,1-4H3,(H,15,17);2*1H/t9-;;/m1../s1. The molecule has 1 aromatic heterocycles. The van der Waals surface area contributed by atoms with Crippen LogP contribution in [0.2, 0.25) is 0 Å². The van der Waals surface area contributed by atoms with E-state index in [9.17, 15) is 4.79 Å². The number of thiazole rings is 1. The molecule has 1 atom stereocenters. The molecular weight excluding hydrogens is 317 g/mol. The smallest absolute Gasteiger partial charge is 0.263 e. The van der Waals surface area contributed by atoms with Gasteiger partial charge in [0.25, 0.3) is 5.91 Å². The van der Waals surface area contributed by atoms with Crippen LogP contribution in [0, 0.1) is 6.92 Å². The monoisotopic (exact) mass is 341 g/mol. The quantitative estimate of drug-likeness (QED) is 0.801. The van der Waals surface area contributed by atoms with Crippen molar-refractivity contribution in [2.24, 2.45) is 0 Å². The van der Waals surface area contributed by atoms with Crippen molar-refractivity contribution in [3.63, 3.8) is 0 Å². The molecule has 0 aliphatic heterocycles. The van der Waals surface area contributed by atoms with Gasteiger partial charge >= 0.3 is 0 Å². The van der Waals surface area contributed by atoms with Crippen molar-refractivity contribution in [3.8, 4) is 0 Å². The summed E-state index contributed by atoms with van der Waals surface area (Å²) in [7, 11) is 0. The Hall–Kier alpha value is -0.360. The minimum Gasteiger partial charge on any atom is -0.350 e. The zero-order valence-electron chi connectivity index (χ0n) is 12.5. The van der Waals surface area contributed by atoms with E-state index in [1.165, 1.54) is 11.3 Å². The number of carbonyl (C=O) groups is 1. The molecule has 1 amide bonds. The van der Waals surface area contributed by atoms with Crippen LogP contribution in [0.25, 0.3) is 0 Å². The molecule has 4 nitrogen and oxygen atoms in total. The van der Waals surface area contributed by atoms with E-state index in [1.54, 1.807) is 0 Å². The molecule has 0 aliphatic carbocycles. The minimum atomic E-state index is -0.00268. The molecule has 20 heavy (non-hydrogen) atoms. The molecule has 2 N–H and O–H groups in total. The Balaban J connectivity index is 0. The van der Waals surface area contributed by atoms with Gasteiger partial charge in [-0.2, -0.15) is 0 Å². The van der Waals surface area contributed by atoms with Crippen molar-refractivity contribution in [2.75, 3.05) is 13.1 Å². The van der Waals surface area contributed by atoms with E-state index in [0.29, 0.717) is 12.6 Å². The topological polar surface area (TPSA) is 54.0 Å². The van der Waals surface area contributed by atoms with E-state index in [-0.39, 0.29) is 30.7 Å². The van der Waals surface area contributed by atoms with Crippen LogP contribution in [0.4, 0.5) is 0 Å². The number of nitrogens with one attached hydrogen (secondary N) is 2. The first-order chi connectivity index (χ1) is 8.58. The first kappa shape index (κ1) is 21.9. The lowest BCUT2D eigenvalue weighted by molar-refractivity contribution is 0.0953. The number of halogens is 2. The average molecular weight is 342 g/mol. The highest BCUT2D eigenvalue weighted by Gasteiger charge is 2.15. The van der Waals surface area contributed by atoms with E-state index >= 15 is 0 Å². The summed E-state index contributed by atoms with van der Waals surface area (Å²) in [5, 5.41) is 7.27. The van der Waals surface area contributed by atoms with Crippen molar-refractivity contribution < 1.29 is 4.79 Å². The van der Waals surface area contributed by atoms with Gasteiger partial charge < -0.3 is 10.6 Å². The molecule has 0 bridgehead atoms. The lowest BCUT2D eigenvalue weighted by Crippen LogP contribution is -2.38. The van der Waals surface area contributed by atoms with Gasteiger partial charge in [-0.05, 0) is 33.2 Å². The molecule has 0 saturated heterocycles. The lowest BCUT2D eigenvalue weighted by atomic mass is 10.3. The van der Waals surface area contributed by atoms with Crippen LogP contribution < -0.4 is 10.6 Å². The Morgan fingerprint density at radius 3 is 2.55 bits per heavy atom. The highest BCUT2D eigenvalue weighted by atomic mass is 35.5. The van der Waals surface area contributed by atoms with Crippen molar-refractivity contribution >= 4 is 42.1 Å². The molecule has 0 spiro atoms. The Bertz CT molecular complexity index is 399. The molecule has 118 valence electrons. The zero-order valence-corrected chi connectivity index (χ0v) is 14.9. The van der Waals surface area contributed by atoms with Crippen molar-refractivity contribution in [1.82, 2.24) is 15.6 Å². The van der Waals surface area contributed by atoms with Gasteiger partial charge in [0, 0.05) is 12.6 Å². The molecular formula is C13H25Cl2N3OS. The molecule has 1 rings (SSSR count). The van der Waals surface area contributed by atoms with Crippen molar-refractivity contribution in [3.05, 3.63) is 15.6 Å². The normalized spacial score (nSPS) is 11.2. The van der Waals surface area contributed by atoms with Gasteiger partial charge in [0.2, 0.25) is 0 Å². The molecule has 0 radical (unpaired) electrons. The third kappa shape index (κ3) is 6.88. The van der Waals surface area contributed by atoms with E-state index in [2.05, 4.69) is 36.4 Å². The summed E-state index contributed by atoms with van der Waals surface area (Å²) in [6, 6.07) is 0.294. The largest absolute Gasteiger partial charge is 0.350 e. The fraction of sp³-hybridized carbons (Fsp3) is 0.692. The zero-order chi connectivity index (χ0) is 13.5. The van der Waals surface area contributed by atoms with Gasteiger partial charge in [-0.1, -0.05) is 13.8 Å². The number of likely N-dealkylation sites (N-methyl/N-ethyl adjacent to an activating group) is 1. The number of amides is 1. The molecule has 0 aromatic carbocycles. The summed E-state index contributed by atoms with van der Waals surface area (Å²) < 4.78 is 0. The van der Waals surface area contributed by atoms with Gasteiger partial charge in [0.1, 0.15) is 4.88 Å². The maximum Gasteiger partial charge on any atom is 0.263 e. The van der Waals surface area contributed by atoms with Gasteiger partial charge in [-0.3, -0.25) is 4.79 Å². The van der Waals surface area contributed by atoms with Crippen LogP contribution in [0.1, 0.15) is 47.6 Å². The summed E-state index contributed by atoms with van der Waals surface area (Å²) in [5.74, 6) is -0.00268. The number of carbonyl (C=O) groups excluding carboxylic acids is 1. The van der Waals surface area contributed by atoms with Crippen molar-refractivity contribution in [2.45, 2.75) is 46.6 Å². The molecule has 0 aliphatic rings. The number of nitrogens with zero attached hydrogens (tertiary/aromatic N) is 1. The van der Waals surface area contributed by atoms with E-state index < -0.39 is 0 Å². The maximum absolute atomic E-state index is 12.0. The van der Waals surface area contributed by atoms with Crippen LogP contribution in [-0.4, -0.2) is 30.0 Å². The van der Waals surface area contributed by atoms with Gasteiger partial charge in [-0.15, -0.1) is 36.2 Å². The van der Waals surface area contributed by atoms with Gasteiger partial charge in [-0.25, -0.2) is 4.98 Å². The summed E-state index contributed by atoms with van der Waals surface area (Å²) >= 11 is 1.51.